The standard InChI is InChI=1S/C32H68P.HI/c1-5-9-11-13-15-17-19-21-23-25-27-29-31-33(7-3,8-4)32-30-28-26-24-22-20-18-16-14-12-10-6-2;/h5-32H2,1-4H3;1H/q+1;/p-1. The van der Waals surface area contributed by atoms with Gasteiger partial charge < -0.3 is 24.0 Å². The van der Waals surface area contributed by atoms with Gasteiger partial charge in [-0.3, -0.25) is 0 Å². The van der Waals surface area contributed by atoms with Gasteiger partial charge >= 0.3 is 0 Å². The predicted octanol–water partition coefficient (Wildman–Crippen LogP) is 9.45. The largest absolute Gasteiger partial charge is 1.00 e. The molecule has 0 aliphatic rings. The summed E-state index contributed by atoms with van der Waals surface area (Å²) in [7, 11) is -0.618. The molecule has 2 heteroatoms. The maximum absolute atomic E-state index is 2.51. The van der Waals surface area contributed by atoms with Crippen molar-refractivity contribution < 1.29 is 24.0 Å². The van der Waals surface area contributed by atoms with Crippen LogP contribution in [-0.2, 0) is 0 Å². The normalized spacial score (nSPS) is 11.6. The molecule has 0 spiro atoms. The van der Waals surface area contributed by atoms with E-state index in [0.29, 0.717) is 0 Å². The molecule has 0 N–H and O–H groups in total. The highest BCUT2D eigenvalue weighted by Crippen LogP contribution is 2.59. The highest BCUT2D eigenvalue weighted by molar-refractivity contribution is 7.75. The smallest absolute Gasteiger partial charge is 0.0594 e. The zero-order valence-electron chi connectivity index (χ0n) is 24.6. The van der Waals surface area contributed by atoms with Crippen LogP contribution < -0.4 is 24.0 Å². The minimum Gasteiger partial charge on any atom is -1.00 e. The van der Waals surface area contributed by atoms with Crippen LogP contribution in [0.3, 0.4) is 0 Å². The van der Waals surface area contributed by atoms with Gasteiger partial charge in [0.05, 0.1) is 24.6 Å². The molecule has 0 atom stereocenters. The molecule has 0 heterocycles. The molecule has 0 aromatic carbocycles. The second kappa shape index (κ2) is 30.4. The highest BCUT2D eigenvalue weighted by atomic mass is 127. The molecular weight excluding hydrogens is 542 g/mol. The maximum atomic E-state index is 2.51. The molecule has 0 saturated heterocycles. The molecule has 0 saturated carbocycles. The van der Waals surface area contributed by atoms with Crippen LogP contribution in [0.15, 0.2) is 0 Å². The van der Waals surface area contributed by atoms with E-state index in [9.17, 15) is 0 Å². The molecule has 0 aliphatic heterocycles. The highest BCUT2D eigenvalue weighted by Gasteiger charge is 2.31. The lowest BCUT2D eigenvalue weighted by Crippen LogP contribution is -3.00. The van der Waals surface area contributed by atoms with Gasteiger partial charge in [0.2, 0.25) is 0 Å². The molecule has 0 aromatic rings. The lowest BCUT2D eigenvalue weighted by atomic mass is 10.1. The monoisotopic (exact) mass is 610 g/mol. The van der Waals surface area contributed by atoms with E-state index < -0.39 is 7.26 Å². The first kappa shape index (κ1) is 37.3. The minimum absolute atomic E-state index is 0. The topological polar surface area (TPSA) is 0 Å². The summed E-state index contributed by atoms with van der Waals surface area (Å²) in [5, 5.41) is 0. The van der Waals surface area contributed by atoms with Crippen LogP contribution in [-0.4, -0.2) is 24.6 Å². The van der Waals surface area contributed by atoms with Crippen LogP contribution >= 0.6 is 7.26 Å². The van der Waals surface area contributed by atoms with E-state index in [1.807, 2.05) is 0 Å². The van der Waals surface area contributed by atoms with Gasteiger partial charge in [0, 0.05) is 7.26 Å². The summed E-state index contributed by atoms with van der Waals surface area (Å²) in [6.45, 7) is 9.65. The zero-order chi connectivity index (χ0) is 24.3. The summed E-state index contributed by atoms with van der Waals surface area (Å²) in [5.74, 6) is 0. The summed E-state index contributed by atoms with van der Waals surface area (Å²) in [5.41, 5.74) is 0. The van der Waals surface area contributed by atoms with Gasteiger partial charge in [-0.1, -0.05) is 142 Å². The third-order valence-corrected chi connectivity index (χ3v) is 13.5. The van der Waals surface area contributed by atoms with Crippen molar-refractivity contribution in [1.82, 2.24) is 0 Å². The number of hydrogen-bond donors (Lipinski definition) is 0. The summed E-state index contributed by atoms with van der Waals surface area (Å²) in [6, 6.07) is 0. The first-order chi connectivity index (χ1) is 16.2. The van der Waals surface area contributed by atoms with Crippen LogP contribution in [0.25, 0.3) is 0 Å². The van der Waals surface area contributed by atoms with Gasteiger partial charge in [-0.05, 0) is 39.5 Å². The van der Waals surface area contributed by atoms with Crippen molar-refractivity contribution in [3.8, 4) is 0 Å². The Morgan fingerprint density at radius 2 is 0.500 bits per heavy atom. The Hall–Kier alpha value is 1.16. The third-order valence-electron chi connectivity index (χ3n) is 8.31. The van der Waals surface area contributed by atoms with Crippen molar-refractivity contribution in [2.24, 2.45) is 0 Å². The van der Waals surface area contributed by atoms with E-state index in [1.165, 1.54) is 166 Å². The quantitative estimate of drug-likeness (QED) is 0.0470. The van der Waals surface area contributed by atoms with E-state index in [4.69, 9.17) is 0 Å². The Morgan fingerprint density at radius 3 is 0.706 bits per heavy atom. The van der Waals surface area contributed by atoms with Crippen molar-refractivity contribution >= 4 is 7.26 Å². The number of rotatable bonds is 28. The van der Waals surface area contributed by atoms with Crippen LogP contribution in [0.1, 0.15) is 182 Å². The van der Waals surface area contributed by atoms with Gasteiger partial charge in [0.15, 0.2) is 0 Å². The Kier molecular flexibility index (Phi) is 33.3. The Bertz CT molecular complexity index is 323. The van der Waals surface area contributed by atoms with Crippen LogP contribution in [0.2, 0.25) is 0 Å². The van der Waals surface area contributed by atoms with Crippen molar-refractivity contribution in [2.75, 3.05) is 24.6 Å². The van der Waals surface area contributed by atoms with Crippen molar-refractivity contribution in [3.05, 3.63) is 0 Å². The van der Waals surface area contributed by atoms with Gasteiger partial charge in [-0.15, -0.1) is 0 Å². The fourth-order valence-electron chi connectivity index (χ4n) is 5.54. The third kappa shape index (κ3) is 24.8. The first-order valence-corrected chi connectivity index (χ1v) is 18.6. The first-order valence-electron chi connectivity index (χ1n) is 16.1. The van der Waals surface area contributed by atoms with Crippen molar-refractivity contribution in [2.45, 2.75) is 182 Å². The lowest BCUT2D eigenvalue weighted by molar-refractivity contribution is -0.00000752. The zero-order valence-corrected chi connectivity index (χ0v) is 27.7. The minimum atomic E-state index is -0.618. The van der Waals surface area contributed by atoms with Gasteiger partial charge in [0.1, 0.15) is 0 Å². The maximum Gasteiger partial charge on any atom is 0.0594 e. The molecule has 0 fully saturated rings. The van der Waals surface area contributed by atoms with E-state index in [0.717, 1.165) is 0 Å². The second-order valence-electron chi connectivity index (χ2n) is 11.2. The van der Waals surface area contributed by atoms with Crippen LogP contribution in [0.5, 0.6) is 0 Å². The summed E-state index contributed by atoms with van der Waals surface area (Å²) >= 11 is 0. The van der Waals surface area contributed by atoms with E-state index in [-0.39, 0.29) is 24.0 Å². The number of hydrogen-bond acceptors (Lipinski definition) is 0. The fourth-order valence-corrected chi connectivity index (χ4v) is 9.27. The van der Waals surface area contributed by atoms with E-state index in [2.05, 4.69) is 27.7 Å². The lowest BCUT2D eigenvalue weighted by Gasteiger charge is -2.25. The van der Waals surface area contributed by atoms with E-state index >= 15 is 0 Å². The molecule has 0 aromatic heterocycles. The summed E-state index contributed by atoms with van der Waals surface area (Å²) in [6.07, 6.45) is 41.8. The molecule has 0 unspecified atom stereocenters. The van der Waals surface area contributed by atoms with Crippen molar-refractivity contribution in [1.29, 1.82) is 0 Å². The van der Waals surface area contributed by atoms with Crippen LogP contribution in [0, 0.1) is 0 Å². The van der Waals surface area contributed by atoms with E-state index in [1.54, 1.807) is 12.3 Å². The van der Waals surface area contributed by atoms with Gasteiger partial charge in [0.25, 0.3) is 0 Å². The fraction of sp³-hybridized carbons (Fsp3) is 1.00. The summed E-state index contributed by atoms with van der Waals surface area (Å²) in [4.78, 5) is 0. The van der Waals surface area contributed by atoms with Gasteiger partial charge in [-0.25, -0.2) is 0 Å². The molecular formula is C32H68IP. The molecule has 0 nitrogen and oxygen atoms in total. The predicted molar refractivity (Wildman–Crippen MR) is 160 cm³/mol. The Labute approximate surface area is 236 Å². The summed E-state index contributed by atoms with van der Waals surface area (Å²) < 4.78 is 0. The molecule has 34 heavy (non-hydrogen) atoms. The Morgan fingerprint density at radius 1 is 0.294 bits per heavy atom. The Balaban J connectivity index is 0. The van der Waals surface area contributed by atoms with Crippen molar-refractivity contribution in [3.63, 3.8) is 0 Å². The second-order valence-corrected chi connectivity index (χ2v) is 16.0. The molecule has 0 amide bonds. The van der Waals surface area contributed by atoms with Gasteiger partial charge in [-0.2, -0.15) is 0 Å². The number of halogens is 1. The molecule has 208 valence electrons. The average molecular weight is 611 g/mol. The molecule has 0 radical (unpaired) electrons. The SMILES string of the molecule is CCCCCCCCCCCCCC[P+](CC)(CC)CCCCCCCCCCCCCC.[I-]. The molecule has 0 aliphatic carbocycles. The molecule has 0 bridgehead atoms. The molecule has 0 rings (SSSR count). The average Bonchev–Trinajstić information content (AvgIpc) is 2.84. The van der Waals surface area contributed by atoms with Crippen LogP contribution in [0.4, 0.5) is 0 Å². The number of unbranched alkanes of at least 4 members (excludes halogenated alkanes) is 22.